The highest BCUT2D eigenvalue weighted by molar-refractivity contribution is 5.32. The van der Waals surface area contributed by atoms with E-state index in [1.165, 1.54) is 24.1 Å². The molecule has 124 valence electrons. The monoisotopic (exact) mass is 305 g/mol. The molecule has 1 aliphatic heterocycles. The minimum absolute atomic E-state index is 0.118. The van der Waals surface area contributed by atoms with Crippen LogP contribution in [0.4, 0.5) is 0 Å². The van der Waals surface area contributed by atoms with Crippen molar-refractivity contribution in [2.24, 2.45) is 5.73 Å². The first kappa shape index (κ1) is 17.2. The van der Waals surface area contributed by atoms with Crippen LogP contribution >= 0.6 is 0 Å². The Hall–Kier alpha value is -1.13. The molecule has 0 unspecified atom stereocenters. The molecule has 1 aliphatic rings. The van der Waals surface area contributed by atoms with Crippen molar-refractivity contribution in [3.8, 4) is 0 Å². The summed E-state index contributed by atoms with van der Waals surface area (Å²) in [5.74, 6) is 0. The Morgan fingerprint density at radius 3 is 2.59 bits per heavy atom. The van der Waals surface area contributed by atoms with Crippen LogP contribution in [-0.2, 0) is 25.0 Å². The fraction of sp³-hybridized carbons (Fsp3) is 0.722. The third-order valence-corrected chi connectivity index (χ3v) is 4.68. The molecule has 0 radical (unpaired) electrons. The van der Waals surface area contributed by atoms with Crippen molar-refractivity contribution in [2.45, 2.75) is 72.0 Å². The van der Waals surface area contributed by atoms with Gasteiger partial charge in [0.1, 0.15) is 0 Å². The Morgan fingerprint density at radius 2 is 2.00 bits per heavy atom. The molecule has 22 heavy (non-hydrogen) atoms. The first-order valence-electron chi connectivity index (χ1n) is 8.65. The average Bonchev–Trinajstić information content (AvgIpc) is 2.47. The van der Waals surface area contributed by atoms with Crippen molar-refractivity contribution in [2.75, 3.05) is 13.1 Å². The second-order valence-corrected chi connectivity index (χ2v) is 7.03. The standard InChI is InChI=1S/C18H31N3O/c1-5-7-8-10-21-16-9-11-20(6-2)13-14(16)12-15(17(21)22)18(3,4)19/h12H,5-11,13,19H2,1-4H3. The lowest BCUT2D eigenvalue weighted by atomic mass is 9.92. The molecule has 2 N–H and O–H groups in total. The molecule has 0 aliphatic carbocycles. The number of rotatable bonds is 6. The first-order chi connectivity index (χ1) is 10.4. The highest BCUT2D eigenvalue weighted by atomic mass is 16.1. The molecule has 0 saturated heterocycles. The summed E-state index contributed by atoms with van der Waals surface area (Å²) in [5, 5.41) is 0. The van der Waals surface area contributed by atoms with Crippen molar-refractivity contribution in [3.63, 3.8) is 0 Å². The van der Waals surface area contributed by atoms with Gasteiger partial charge in [0.25, 0.3) is 5.56 Å². The van der Waals surface area contributed by atoms with Gasteiger partial charge in [-0.2, -0.15) is 0 Å². The zero-order chi connectivity index (χ0) is 16.3. The molecule has 0 saturated carbocycles. The van der Waals surface area contributed by atoms with Gasteiger partial charge in [-0.15, -0.1) is 0 Å². The Morgan fingerprint density at radius 1 is 1.27 bits per heavy atom. The normalized spacial score (nSPS) is 15.9. The van der Waals surface area contributed by atoms with Gasteiger partial charge in [0.15, 0.2) is 0 Å². The molecule has 0 amide bonds. The smallest absolute Gasteiger partial charge is 0.255 e. The fourth-order valence-electron chi connectivity index (χ4n) is 3.26. The molecular formula is C18H31N3O. The Kier molecular flexibility index (Phi) is 5.45. The molecule has 1 aromatic rings. The number of unbranched alkanes of at least 4 members (excludes halogenated alkanes) is 2. The van der Waals surface area contributed by atoms with Gasteiger partial charge in [-0.05, 0) is 38.4 Å². The van der Waals surface area contributed by atoms with Gasteiger partial charge in [-0.3, -0.25) is 9.69 Å². The van der Waals surface area contributed by atoms with E-state index >= 15 is 0 Å². The predicted molar refractivity (Wildman–Crippen MR) is 92.1 cm³/mol. The highest BCUT2D eigenvalue weighted by Crippen LogP contribution is 2.23. The third-order valence-electron chi connectivity index (χ3n) is 4.68. The van der Waals surface area contributed by atoms with Crippen LogP contribution in [-0.4, -0.2) is 22.6 Å². The molecule has 1 aromatic heterocycles. The van der Waals surface area contributed by atoms with Crippen LogP contribution in [0, 0.1) is 0 Å². The molecule has 0 spiro atoms. The number of hydrogen-bond acceptors (Lipinski definition) is 3. The lowest BCUT2D eigenvalue weighted by molar-refractivity contribution is 0.260. The number of hydrogen-bond donors (Lipinski definition) is 1. The summed E-state index contributed by atoms with van der Waals surface area (Å²) in [6, 6.07) is 2.07. The molecule has 0 fully saturated rings. The Bertz CT molecular complexity index is 569. The summed E-state index contributed by atoms with van der Waals surface area (Å²) >= 11 is 0. The van der Waals surface area contributed by atoms with Crippen LogP contribution in [0.15, 0.2) is 10.9 Å². The Balaban J connectivity index is 2.48. The summed E-state index contributed by atoms with van der Waals surface area (Å²) in [5.41, 5.74) is 9.06. The van der Waals surface area contributed by atoms with E-state index in [1.54, 1.807) is 0 Å². The summed E-state index contributed by atoms with van der Waals surface area (Å²) in [6.45, 7) is 12.1. The van der Waals surface area contributed by atoms with Gasteiger partial charge in [0.2, 0.25) is 0 Å². The number of fused-ring (bicyclic) bond motifs is 1. The van der Waals surface area contributed by atoms with Gasteiger partial charge in [-0.25, -0.2) is 0 Å². The van der Waals surface area contributed by atoms with Crippen LogP contribution < -0.4 is 11.3 Å². The van der Waals surface area contributed by atoms with Gasteiger partial charge in [0, 0.05) is 42.9 Å². The summed E-state index contributed by atoms with van der Waals surface area (Å²) < 4.78 is 2.02. The van der Waals surface area contributed by atoms with Crippen molar-refractivity contribution < 1.29 is 0 Å². The van der Waals surface area contributed by atoms with Crippen molar-refractivity contribution >= 4 is 0 Å². The maximum absolute atomic E-state index is 12.9. The molecule has 4 heteroatoms. The lowest BCUT2D eigenvalue weighted by Crippen LogP contribution is -2.42. The molecular weight excluding hydrogens is 274 g/mol. The van der Waals surface area contributed by atoms with E-state index in [4.69, 9.17) is 5.73 Å². The number of nitrogens with two attached hydrogens (primary N) is 1. The minimum Gasteiger partial charge on any atom is -0.322 e. The largest absolute Gasteiger partial charge is 0.322 e. The maximum Gasteiger partial charge on any atom is 0.255 e. The van der Waals surface area contributed by atoms with Crippen molar-refractivity contribution in [1.82, 2.24) is 9.47 Å². The zero-order valence-electron chi connectivity index (χ0n) is 14.6. The molecule has 2 heterocycles. The van der Waals surface area contributed by atoms with E-state index in [-0.39, 0.29) is 5.56 Å². The van der Waals surface area contributed by atoms with Crippen LogP contribution in [0.25, 0.3) is 0 Å². The number of pyridine rings is 1. The molecule has 0 bridgehead atoms. The Labute approximate surface area is 134 Å². The number of aromatic nitrogens is 1. The van der Waals surface area contributed by atoms with Gasteiger partial charge < -0.3 is 10.3 Å². The van der Waals surface area contributed by atoms with E-state index in [2.05, 4.69) is 24.8 Å². The third kappa shape index (κ3) is 3.61. The molecule has 4 nitrogen and oxygen atoms in total. The van der Waals surface area contributed by atoms with Crippen LogP contribution in [0.3, 0.4) is 0 Å². The summed E-state index contributed by atoms with van der Waals surface area (Å²) in [7, 11) is 0. The zero-order valence-corrected chi connectivity index (χ0v) is 14.6. The van der Waals surface area contributed by atoms with Crippen molar-refractivity contribution in [3.05, 3.63) is 33.2 Å². The SMILES string of the molecule is CCCCCn1c2c(cc(C(C)(C)N)c1=O)CN(CC)CC2. The van der Waals surface area contributed by atoms with E-state index < -0.39 is 5.54 Å². The van der Waals surface area contributed by atoms with Gasteiger partial charge in [-0.1, -0.05) is 26.7 Å². The van der Waals surface area contributed by atoms with Gasteiger partial charge in [0.05, 0.1) is 0 Å². The molecule has 0 aromatic carbocycles. The van der Waals surface area contributed by atoms with E-state index in [0.717, 1.165) is 44.6 Å². The van der Waals surface area contributed by atoms with Gasteiger partial charge >= 0.3 is 0 Å². The minimum atomic E-state index is -0.590. The maximum atomic E-state index is 12.9. The van der Waals surface area contributed by atoms with E-state index in [1.807, 2.05) is 18.4 Å². The number of nitrogens with zero attached hydrogens (tertiary/aromatic N) is 2. The molecule has 2 rings (SSSR count). The number of likely N-dealkylation sites (N-methyl/N-ethyl adjacent to an activating group) is 1. The van der Waals surface area contributed by atoms with Crippen LogP contribution in [0.2, 0.25) is 0 Å². The topological polar surface area (TPSA) is 51.3 Å². The van der Waals surface area contributed by atoms with Crippen LogP contribution in [0.5, 0.6) is 0 Å². The second kappa shape index (κ2) is 6.97. The highest BCUT2D eigenvalue weighted by Gasteiger charge is 2.26. The van der Waals surface area contributed by atoms with Crippen molar-refractivity contribution in [1.29, 1.82) is 0 Å². The molecule has 0 atom stereocenters. The quantitative estimate of drug-likeness (QED) is 0.822. The average molecular weight is 305 g/mol. The van der Waals surface area contributed by atoms with E-state index in [0.29, 0.717) is 0 Å². The predicted octanol–water partition coefficient (Wildman–Crippen LogP) is 2.61. The lowest BCUT2D eigenvalue weighted by Gasteiger charge is -2.32. The second-order valence-electron chi connectivity index (χ2n) is 7.03. The first-order valence-corrected chi connectivity index (χ1v) is 8.65. The van der Waals surface area contributed by atoms with E-state index in [9.17, 15) is 4.79 Å². The summed E-state index contributed by atoms with van der Waals surface area (Å²) in [6.07, 6.45) is 4.37. The summed E-state index contributed by atoms with van der Waals surface area (Å²) in [4.78, 5) is 15.3. The van der Waals surface area contributed by atoms with Crippen LogP contribution in [0.1, 0.15) is 63.8 Å². The fourth-order valence-corrected chi connectivity index (χ4v) is 3.26.